The van der Waals surface area contributed by atoms with Gasteiger partial charge in [-0.15, -0.1) is 24.0 Å². The number of hydrogen-bond donors (Lipinski definition) is 2. The van der Waals surface area contributed by atoms with Crippen LogP contribution in [0.4, 0.5) is 4.39 Å². The smallest absolute Gasteiger partial charge is 0.191 e. The van der Waals surface area contributed by atoms with Crippen molar-refractivity contribution in [2.45, 2.75) is 32.9 Å². The van der Waals surface area contributed by atoms with Crippen LogP contribution in [-0.4, -0.2) is 18.5 Å². The Balaban J connectivity index is 0.00000289. The van der Waals surface area contributed by atoms with Crippen molar-refractivity contribution in [3.05, 3.63) is 35.6 Å². The first kappa shape index (κ1) is 17.2. The van der Waals surface area contributed by atoms with Gasteiger partial charge in [-0.25, -0.2) is 4.39 Å². The fraction of sp³-hybridized carbons (Fsp3) is 0.462. The Hall–Kier alpha value is -0.850. The number of hydrogen-bond acceptors (Lipinski definition) is 1. The van der Waals surface area contributed by atoms with Crippen LogP contribution in [0.5, 0.6) is 0 Å². The first-order valence-corrected chi connectivity index (χ1v) is 5.64. The molecule has 0 fully saturated rings. The molecular weight excluding hydrogens is 344 g/mol. The fourth-order valence-electron chi connectivity index (χ4n) is 1.36. The molecule has 0 amide bonds. The van der Waals surface area contributed by atoms with Crippen molar-refractivity contribution < 1.29 is 4.39 Å². The summed E-state index contributed by atoms with van der Waals surface area (Å²) < 4.78 is 13.4. The molecule has 0 bridgehead atoms. The Morgan fingerprint density at radius 3 is 2.39 bits per heavy atom. The van der Waals surface area contributed by atoms with E-state index in [1.54, 1.807) is 19.2 Å². The van der Waals surface area contributed by atoms with Gasteiger partial charge in [0.1, 0.15) is 5.82 Å². The number of nitrogens with one attached hydrogen (secondary N) is 2. The van der Waals surface area contributed by atoms with Gasteiger partial charge in [-0.1, -0.05) is 18.2 Å². The maximum absolute atomic E-state index is 13.4. The molecule has 0 unspecified atom stereocenters. The van der Waals surface area contributed by atoms with Crippen LogP contribution >= 0.6 is 24.0 Å². The maximum atomic E-state index is 13.4. The van der Waals surface area contributed by atoms with E-state index < -0.39 is 0 Å². The van der Waals surface area contributed by atoms with Crippen LogP contribution in [0.25, 0.3) is 0 Å². The zero-order valence-electron chi connectivity index (χ0n) is 11.2. The number of aliphatic imine (C=N–C) groups is 1. The second-order valence-electron chi connectivity index (χ2n) is 4.89. The van der Waals surface area contributed by atoms with E-state index >= 15 is 0 Å². The van der Waals surface area contributed by atoms with Gasteiger partial charge in [0.25, 0.3) is 0 Å². The van der Waals surface area contributed by atoms with Crippen molar-refractivity contribution in [3.63, 3.8) is 0 Å². The van der Waals surface area contributed by atoms with E-state index in [2.05, 4.69) is 15.6 Å². The van der Waals surface area contributed by atoms with Gasteiger partial charge in [0.05, 0.1) is 0 Å². The summed E-state index contributed by atoms with van der Waals surface area (Å²) in [7, 11) is 1.70. The van der Waals surface area contributed by atoms with Crippen LogP contribution in [0.3, 0.4) is 0 Å². The topological polar surface area (TPSA) is 36.4 Å². The summed E-state index contributed by atoms with van der Waals surface area (Å²) in [6.07, 6.45) is 0. The molecular formula is C13H21FIN3. The molecule has 0 aromatic heterocycles. The van der Waals surface area contributed by atoms with Crippen molar-refractivity contribution >= 4 is 29.9 Å². The predicted molar refractivity (Wildman–Crippen MR) is 84.9 cm³/mol. The van der Waals surface area contributed by atoms with Gasteiger partial charge in [0.15, 0.2) is 5.96 Å². The van der Waals surface area contributed by atoms with E-state index in [1.807, 2.05) is 26.8 Å². The van der Waals surface area contributed by atoms with Gasteiger partial charge in [-0.2, -0.15) is 0 Å². The molecule has 0 aliphatic carbocycles. The molecule has 0 saturated carbocycles. The molecule has 0 spiro atoms. The molecule has 18 heavy (non-hydrogen) atoms. The van der Waals surface area contributed by atoms with Crippen LogP contribution in [0.15, 0.2) is 29.3 Å². The van der Waals surface area contributed by atoms with Gasteiger partial charge < -0.3 is 10.6 Å². The van der Waals surface area contributed by atoms with Crippen LogP contribution in [-0.2, 0) is 6.54 Å². The molecule has 0 atom stereocenters. The van der Waals surface area contributed by atoms with Crippen LogP contribution in [0.2, 0.25) is 0 Å². The summed E-state index contributed by atoms with van der Waals surface area (Å²) >= 11 is 0. The highest BCUT2D eigenvalue weighted by molar-refractivity contribution is 14.0. The first-order valence-electron chi connectivity index (χ1n) is 5.64. The molecule has 2 N–H and O–H groups in total. The number of guanidine groups is 1. The lowest BCUT2D eigenvalue weighted by Crippen LogP contribution is -2.47. The second-order valence-corrected chi connectivity index (χ2v) is 4.89. The molecule has 1 rings (SSSR count). The van der Waals surface area contributed by atoms with Crippen LogP contribution < -0.4 is 10.6 Å². The minimum absolute atomic E-state index is 0. The molecule has 0 heterocycles. The summed E-state index contributed by atoms with van der Waals surface area (Å²) in [5, 5.41) is 6.29. The van der Waals surface area contributed by atoms with Gasteiger partial charge >= 0.3 is 0 Å². The highest BCUT2D eigenvalue weighted by Gasteiger charge is 2.11. The number of rotatable bonds is 2. The van der Waals surface area contributed by atoms with Gasteiger partial charge in [-0.3, -0.25) is 4.99 Å². The molecule has 3 nitrogen and oxygen atoms in total. The number of benzene rings is 1. The van der Waals surface area contributed by atoms with E-state index in [0.29, 0.717) is 18.1 Å². The fourth-order valence-corrected chi connectivity index (χ4v) is 1.36. The van der Waals surface area contributed by atoms with Crippen molar-refractivity contribution in [1.82, 2.24) is 10.6 Å². The van der Waals surface area contributed by atoms with Crippen molar-refractivity contribution in [2.24, 2.45) is 4.99 Å². The summed E-state index contributed by atoms with van der Waals surface area (Å²) in [5.41, 5.74) is 0.557. The van der Waals surface area contributed by atoms with Gasteiger partial charge in [0, 0.05) is 24.7 Å². The average molecular weight is 365 g/mol. The second kappa shape index (κ2) is 7.56. The predicted octanol–water partition coefficient (Wildman–Crippen LogP) is 2.91. The zero-order valence-corrected chi connectivity index (χ0v) is 13.6. The normalized spacial score (nSPS) is 11.7. The monoisotopic (exact) mass is 365 g/mol. The minimum Gasteiger partial charge on any atom is -0.352 e. The van der Waals surface area contributed by atoms with E-state index in [9.17, 15) is 4.39 Å². The molecule has 0 aliphatic heterocycles. The molecule has 5 heteroatoms. The minimum atomic E-state index is -0.203. The van der Waals surface area contributed by atoms with Gasteiger partial charge in [-0.05, 0) is 26.8 Å². The summed E-state index contributed by atoms with van der Waals surface area (Å²) in [5.74, 6) is 0.465. The summed E-state index contributed by atoms with van der Waals surface area (Å²) in [6, 6.07) is 6.71. The van der Waals surface area contributed by atoms with Crippen molar-refractivity contribution in [1.29, 1.82) is 0 Å². The molecule has 1 aromatic carbocycles. The summed E-state index contributed by atoms with van der Waals surface area (Å²) in [4.78, 5) is 4.09. The Morgan fingerprint density at radius 2 is 1.89 bits per heavy atom. The first-order chi connectivity index (χ1) is 7.92. The largest absolute Gasteiger partial charge is 0.352 e. The third-order valence-electron chi connectivity index (χ3n) is 2.12. The lowest BCUT2D eigenvalue weighted by molar-refractivity contribution is 0.500. The Kier molecular flexibility index (Phi) is 7.20. The highest BCUT2D eigenvalue weighted by atomic mass is 127. The van der Waals surface area contributed by atoms with E-state index in [1.165, 1.54) is 6.07 Å². The molecule has 0 saturated heterocycles. The quantitative estimate of drug-likeness (QED) is 0.480. The van der Waals surface area contributed by atoms with Crippen LogP contribution in [0, 0.1) is 5.82 Å². The number of nitrogens with zero attached hydrogens (tertiary/aromatic N) is 1. The van der Waals surface area contributed by atoms with E-state index in [4.69, 9.17) is 0 Å². The summed E-state index contributed by atoms with van der Waals surface area (Å²) in [6.45, 7) is 6.55. The Morgan fingerprint density at radius 1 is 1.28 bits per heavy atom. The molecule has 0 radical (unpaired) electrons. The SMILES string of the molecule is CN=C(NCc1ccccc1F)NC(C)(C)C.I. The Bertz CT molecular complexity index is 399. The van der Waals surface area contributed by atoms with E-state index in [0.717, 1.165) is 0 Å². The van der Waals surface area contributed by atoms with Crippen molar-refractivity contribution in [2.75, 3.05) is 7.05 Å². The Labute approximate surface area is 125 Å². The van der Waals surface area contributed by atoms with E-state index in [-0.39, 0.29) is 35.3 Å². The molecule has 102 valence electrons. The third-order valence-corrected chi connectivity index (χ3v) is 2.12. The highest BCUT2D eigenvalue weighted by Crippen LogP contribution is 2.05. The maximum Gasteiger partial charge on any atom is 0.191 e. The third kappa shape index (κ3) is 6.18. The van der Waals surface area contributed by atoms with Crippen molar-refractivity contribution in [3.8, 4) is 0 Å². The number of halogens is 2. The average Bonchev–Trinajstić information content (AvgIpc) is 2.24. The van der Waals surface area contributed by atoms with Crippen LogP contribution in [0.1, 0.15) is 26.3 Å². The zero-order chi connectivity index (χ0) is 12.9. The standard InChI is InChI=1S/C13H20FN3.HI/c1-13(2,3)17-12(15-4)16-9-10-7-5-6-8-11(10)14;/h5-8H,9H2,1-4H3,(H2,15,16,17);1H. The molecule has 0 aliphatic rings. The lowest BCUT2D eigenvalue weighted by atomic mass is 10.1. The molecule has 1 aromatic rings. The van der Waals surface area contributed by atoms with Gasteiger partial charge in [0.2, 0.25) is 0 Å². The lowest BCUT2D eigenvalue weighted by Gasteiger charge is -2.23.